The topological polar surface area (TPSA) is 111 Å². The number of rotatable bonds is 6. The number of hydrogen-bond acceptors (Lipinski definition) is 6. The first-order chi connectivity index (χ1) is 30.5. The zero-order valence-corrected chi connectivity index (χ0v) is 37.5. The minimum absolute atomic E-state index is 0. The molecule has 312 valence electrons. The van der Waals surface area contributed by atoms with Crippen molar-refractivity contribution in [3.8, 4) is 89.8 Å². The van der Waals surface area contributed by atoms with E-state index in [1.165, 1.54) is 25.7 Å². The van der Waals surface area contributed by atoms with Crippen molar-refractivity contribution in [1.29, 1.82) is 0 Å². The fraction of sp³-hybridized carbons (Fsp3) is 0.143. The van der Waals surface area contributed by atoms with Gasteiger partial charge in [0.2, 0.25) is 0 Å². The van der Waals surface area contributed by atoms with Crippen LogP contribution >= 0.6 is 0 Å². The SMILES string of the molecule is C1CCOC1.C1CCOC1.[O-]c1c(-c2ccccc2)cccc1-c1cccc(-c2ccccc2)c1[O-].[O-]c1c(-c2ccccc2)cccc1-c1cccc(-c2ccccc2)c1[O-].[Zr+4]. The van der Waals surface area contributed by atoms with Crippen LogP contribution in [-0.4, -0.2) is 26.4 Å². The van der Waals surface area contributed by atoms with E-state index in [9.17, 15) is 20.4 Å². The van der Waals surface area contributed by atoms with Crippen LogP contribution in [0.4, 0.5) is 0 Å². The second kappa shape index (κ2) is 23.8. The number of para-hydroxylation sites is 4. The second-order valence-corrected chi connectivity index (χ2v) is 14.8. The van der Waals surface area contributed by atoms with Gasteiger partial charge in [-0.05, 0) is 92.4 Å². The third-order valence-electron chi connectivity index (χ3n) is 10.6. The fourth-order valence-electron chi connectivity index (χ4n) is 7.40. The van der Waals surface area contributed by atoms with Crippen molar-refractivity contribution in [2.24, 2.45) is 0 Å². The molecule has 63 heavy (non-hydrogen) atoms. The molecule has 0 amide bonds. The summed E-state index contributed by atoms with van der Waals surface area (Å²) >= 11 is 0. The Morgan fingerprint density at radius 3 is 0.603 bits per heavy atom. The molecule has 0 spiro atoms. The van der Waals surface area contributed by atoms with E-state index in [-0.39, 0.29) is 49.2 Å². The molecule has 2 saturated heterocycles. The summed E-state index contributed by atoms with van der Waals surface area (Å²) in [6.45, 7) is 4.00. The molecule has 0 saturated carbocycles. The van der Waals surface area contributed by atoms with Crippen molar-refractivity contribution < 1.29 is 56.1 Å². The van der Waals surface area contributed by atoms with Gasteiger partial charge in [0.05, 0.1) is 0 Å². The van der Waals surface area contributed by atoms with Gasteiger partial charge in [0, 0.05) is 26.4 Å². The van der Waals surface area contributed by atoms with Crippen molar-refractivity contribution in [1.82, 2.24) is 0 Å². The molecule has 0 atom stereocenters. The maximum absolute atomic E-state index is 13.0. The summed E-state index contributed by atoms with van der Waals surface area (Å²) in [7, 11) is 0. The van der Waals surface area contributed by atoms with Crippen LogP contribution in [0, 0.1) is 0 Å². The van der Waals surface area contributed by atoms with Crippen LogP contribution in [0.1, 0.15) is 25.7 Å². The molecule has 0 radical (unpaired) electrons. The van der Waals surface area contributed by atoms with Crippen LogP contribution in [0.3, 0.4) is 0 Å². The van der Waals surface area contributed by atoms with Crippen molar-refractivity contribution in [3.05, 3.63) is 194 Å². The van der Waals surface area contributed by atoms with Crippen molar-refractivity contribution >= 4 is 0 Å². The average molecular weight is 908 g/mol. The molecule has 0 unspecified atom stereocenters. The average Bonchev–Trinajstić information content (AvgIpc) is 4.13. The standard InChI is InChI=1S/2C24H18O2.2C4H8O.Zr/c2*25-23-19(17-9-3-1-4-10-17)13-7-15-21(23)22-16-8-14-20(24(22)26)18-11-5-2-6-12-18;2*1-2-4-5-3-1;/h2*1-16,25-26H;2*1-4H2;/q;;;;+4/p-4. The molecule has 7 heteroatoms. The summed E-state index contributed by atoms with van der Waals surface area (Å²) in [4.78, 5) is 0. The molecule has 2 heterocycles. The van der Waals surface area contributed by atoms with Crippen LogP contribution in [0.25, 0.3) is 66.8 Å². The van der Waals surface area contributed by atoms with E-state index in [2.05, 4.69) is 0 Å². The largest absolute Gasteiger partial charge is 4.00 e. The molecule has 2 aliphatic heterocycles. The Balaban J connectivity index is 0.000000169. The Morgan fingerprint density at radius 2 is 0.429 bits per heavy atom. The number of benzene rings is 8. The van der Waals surface area contributed by atoms with Gasteiger partial charge in [-0.2, -0.15) is 0 Å². The van der Waals surface area contributed by atoms with Crippen LogP contribution in [0.15, 0.2) is 194 Å². The van der Waals surface area contributed by atoms with E-state index in [0.29, 0.717) is 44.5 Å². The zero-order chi connectivity index (χ0) is 42.9. The molecule has 10 rings (SSSR count). The van der Waals surface area contributed by atoms with E-state index in [0.717, 1.165) is 48.7 Å². The van der Waals surface area contributed by atoms with E-state index < -0.39 is 0 Å². The van der Waals surface area contributed by atoms with Gasteiger partial charge < -0.3 is 29.9 Å². The third-order valence-corrected chi connectivity index (χ3v) is 10.6. The monoisotopic (exact) mass is 906 g/mol. The van der Waals surface area contributed by atoms with Gasteiger partial charge in [-0.1, -0.05) is 217 Å². The molecule has 0 bridgehead atoms. The first kappa shape index (κ1) is 46.3. The molecular weight excluding hydrogens is 860 g/mol. The summed E-state index contributed by atoms with van der Waals surface area (Å²) in [5.41, 5.74) is 7.58. The Bertz CT molecular complexity index is 2240. The number of hydrogen-bond donors (Lipinski definition) is 0. The maximum Gasteiger partial charge on any atom is 4.00 e. The molecule has 0 aliphatic carbocycles. The van der Waals surface area contributed by atoms with Gasteiger partial charge in [-0.3, -0.25) is 0 Å². The first-order valence-corrected chi connectivity index (χ1v) is 21.1. The van der Waals surface area contributed by atoms with Crippen LogP contribution in [0.2, 0.25) is 0 Å². The van der Waals surface area contributed by atoms with Gasteiger partial charge in [-0.15, -0.1) is 0 Å². The fourth-order valence-corrected chi connectivity index (χ4v) is 7.40. The first-order valence-electron chi connectivity index (χ1n) is 21.1. The molecule has 0 N–H and O–H groups in total. The van der Waals surface area contributed by atoms with Gasteiger partial charge in [-0.25, -0.2) is 0 Å². The Morgan fingerprint density at radius 1 is 0.238 bits per heavy atom. The van der Waals surface area contributed by atoms with E-state index in [1.54, 1.807) is 48.5 Å². The Hall–Kier alpha value is -6.24. The van der Waals surface area contributed by atoms with Gasteiger partial charge in [0.25, 0.3) is 0 Å². The second-order valence-electron chi connectivity index (χ2n) is 14.8. The number of ether oxygens (including phenoxy) is 2. The molecular formula is C56H48O6Zr. The predicted octanol–water partition coefficient (Wildman–Crippen LogP) is 11.3. The minimum Gasteiger partial charge on any atom is -0.872 e. The van der Waals surface area contributed by atoms with E-state index in [1.807, 2.05) is 146 Å². The summed E-state index contributed by atoms with van der Waals surface area (Å²) in [5.74, 6) is -0.496. The van der Waals surface area contributed by atoms with Crippen LogP contribution in [0.5, 0.6) is 23.0 Å². The van der Waals surface area contributed by atoms with Crippen LogP contribution < -0.4 is 20.4 Å². The summed E-state index contributed by atoms with van der Waals surface area (Å²) < 4.78 is 9.89. The normalized spacial score (nSPS) is 12.6. The summed E-state index contributed by atoms with van der Waals surface area (Å²) in [6, 6.07) is 59.5. The Kier molecular flexibility index (Phi) is 17.5. The van der Waals surface area contributed by atoms with Gasteiger partial charge in [0.1, 0.15) is 0 Å². The van der Waals surface area contributed by atoms with Crippen LogP contribution in [-0.2, 0) is 35.7 Å². The van der Waals surface area contributed by atoms with Crippen molar-refractivity contribution in [2.75, 3.05) is 26.4 Å². The summed E-state index contributed by atoms with van der Waals surface area (Å²) in [5, 5.41) is 52.1. The molecule has 2 aliphatic rings. The zero-order valence-electron chi connectivity index (χ0n) is 35.1. The smallest absolute Gasteiger partial charge is 0.872 e. The van der Waals surface area contributed by atoms with Crippen molar-refractivity contribution in [3.63, 3.8) is 0 Å². The van der Waals surface area contributed by atoms with E-state index in [4.69, 9.17) is 9.47 Å². The molecule has 2 fully saturated rings. The minimum atomic E-state index is -0.124. The van der Waals surface area contributed by atoms with Crippen molar-refractivity contribution in [2.45, 2.75) is 25.7 Å². The predicted molar refractivity (Wildman–Crippen MR) is 243 cm³/mol. The molecule has 8 aromatic rings. The molecule has 6 nitrogen and oxygen atoms in total. The molecule has 8 aromatic carbocycles. The third kappa shape index (κ3) is 12.0. The maximum atomic E-state index is 13.0. The summed E-state index contributed by atoms with van der Waals surface area (Å²) in [6.07, 6.45) is 5.11. The Labute approximate surface area is 389 Å². The van der Waals surface area contributed by atoms with E-state index >= 15 is 0 Å². The van der Waals surface area contributed by atoms with Gasteiger partial charge >= 0.3 is 26.2 Å². The van der Waals surface area contributed by atoms with Gasteiger partial charge in [0.15, 0.2) is 0 Å². The molecule has 0 aromatic heterocycles. The quantitative estimate of drug-likeness (QED) is 0.164.